The Morgan fingerprint density at radius 3 is 2.96 bits per heavy atom. The van der Waals surface area contributed by atoms with Gasteiger partial charge in [-0.25, -0.2) is 9.78 Å². The third kappa shape index (κ3) is 4.31. The summed E-state index contributed by atoms with van der Waals surface area (Å²) in [7, 11) is 0. The van der Waals surface area contributed by atoms with E-state index in [1.807, 2.05) is 21.7 Å². The zero-order chi connectivity index (χ0) is 18.5. The molecule has 6 nitrogen and oxygen atoms in total. The van der Waals surface area contributed by atoms with Crippen molar-refractivity contribution in [1.82, 2.24) is 14.5 Å². The van der Waals surface area contributed by atoms with E-state index < -0.39 is 5.97 Å². The molecule has 1 aromatic heterocycles. The van der Waals surface area contributed by atoms with Crippen molar-refractivity contribution in [2.45, 2.75) is 39.2 Å². The molecule has 138 valence electrons. The lowest BCUT2D eigenvalue weighted by Crippen LogP contribution is -2.29. The molecule has 1 fully saturated rings. The summed E-state index contributed by atoms with van der Waals surface area (Å²) in [6.45, 7) is 4.27. The first-order valence-corrected chi connectivity index (χ1v) is 9.16. The van der Waals surface area contributed by atoms with Crippen LogP contribution in [0.2, 0.25) is 0 Å². The number of nitrogens with zero attached hydrogens (tertiary/aromatic N) is 3. The van der Waals surface area contributed by atoms with Crippen LogP contribution in [-0.2, 0) is 24.2 Å². The van der Waals surface area contributed by atoms with Gasteiger partial charge in [-0.15, -0.1) is 0 Å². The first-order valence-electron chi connectivity index (χ1n) is 9.16. The zero-order valence-electron chi connectivity index (χ0n) is 15.1. The monoisotopic (exact) mass is 355 g/mol. The minimum Gasteiger partial charge on any atom is -0.478 e. The number of aromatic carboxylic acids is 1. The number of carbonyl (C=O) groups excluding carboxylic acids is 1. The molecule has 2 heterocycles. The number of imidazole rings is 1. The lowest BCUT2D eigenvalue weighted by atomic mass is 9.97. The fraction of sp³-hybridized carbons (Fsp3) is 0.450. The Morgan fingerprint density at radius 1 is 1.35 bits per heavy atom. The van der Waals surface area contributed by atoms with Crippen molar-refractivity contribution in [3.8, 4) is 0 Å². The van der Waals surface area contributed by atoms with Gasteiger partial charge in [-0.05, 0) is 36.5 Å². The summed E-state index contributed by atoms with van der Waals surface area (Å²) in [6.07, 6.45) is 6.84. The largest absolute Gasteiger partial charge is 0.478 e. The van der Waals surface area contributed by atoms with E-state index in [2.05, 4.69) is 11.9 Å². The van der Waals surface area contributed by atoms with Crippen molar-refractivity contribution < 1.29 is 14.7 Å². The van der Waals surface area contributed by atoms with Gasteiger partial charge in [-0.2, -0.15) is 0 Å². The lowest BCUT2D eigenvalue weighted by Gasteiger charge is -2.17. The highest BCUT2D eigenvalue weighted by Gasteiger charge is 2.26. The third-order valence-corrected chi connectivity index (χ3v) is 5.02. The Hall–Kier alpha value is -2.63. The first kappa shape index (κ1) is 18.2. The molecule has 1 aliphatic heterocycles. The molecule has 26 heavy (non-hydrogen) atoms. The van der Waals surface area contributed by atoms with Gasteiger partial charge in [0.05, 0.1) is 5.56 Å². The van der Waals surface area contributed by atoms with Gasteiger partial charge in [0.25, 0.3) is 0 Å². The number of hydrogen-bond acceptors (Lipinski definition) is 3. The Kier molecular flexibility index (Phi) is 5.71. The number of hydrogen-bond donors (Lipinski definition) is 1. The number of amides is 1. The summed E-state index contributed by atoms with van der Waals surface area (Å²) in [5, 5.41) is 9.10. The molecule has 1 atom stereocenters. The Morgan fingerprint density at radius 2 is 2.19 bits per heavy atom. The second kappa shape index (κ2) is 8.17. The summed E-state index contributed by atoms with van der Waals surface area (Å²) < 4.78 is 2.04. The first-order chi connectivity index (χ1) is 12.6. The molecule has 3 rings (SSSR count). The van der Waals surface area contributed by atoms with E-state index >= 15 is 0 Å². The molecule has 0 saturated carbocycles. The normalized spacial score (nSPS) is 16.8. The molecule has 6 heteroatoms. The highest BCUT2D eigenvalue weighted by molar-refractivity contribution is 5.87. The summed E-state index contributed by atoms with van der Waals surface area (Å²) in [5.41, 5.74) is 1.34. The van der Waals surface area contributed by atoms with Crippen LogP contribution in [0.15, 0.2) is 36.7 Å². The number of aryl methyl sites for hydroxylation is 2. The Bertz CT molecular complexity index is 784. The quantitative estimate of drug-likeness (QED) is 0.828. The number of rotatable bonds is 7. The number of benzene rings is 1. The molecule has 2 aromatic rings. The van der Waals surface area contributed by atoms with Crippen LogP contribution in [0.4, 0.5) is 0 Å². The van der Waals surface area contributed by atoms with E-state index in [0.717, 1.165) is 43.7 Å². The van der Waals surface area contributed by atoms with E-state index in [1.165, 1.54) is 0 Å². The van der Waals surface area contributed by atoms with Gasteiger partial charge in [0, 0.05) is 44.9 Å². The highest BCUT2D eigenvalue weighted by Crippen LogP contribution is 2.22. The zero-order valence-corrected chi connectivity index (χ0v) is 15.1. The molecular formula is C20H25N3O3. The maximum absolute atomic E-state index is 12.5. The van der Waals surface area contributed by atoms with Gasteiger partial charge in [-0.1, -0.05) is 19.1 Å². The van der Waals surface area contributed by atoms with Crippen molar-refractivity contribution >= 4 is 11.9 Å². The maximum Gasteiger partial charge on any atom is 0.335 e. The predicted molar refractivity (Wildman–Crippen MR) is 98.0 cm³/mol. The molecule has 1 N–H and O–H groups in total. The fourth-order valence-electron chi connectivity index (χ4n) is 3.62. The minimum atomic E-state index is -0.902. The molecule has 0 spiro atoms. The minimum absolute atomic E-state index is 0.183. The van der Waals surface area contributed by atoms with E-state index in [1.54, 1.807) is 24.4 Å². The van der Waals surface area contributed by atoms with Crippen LogP contribution in [0.1, 0.15) is 41.5 Å². The molecule has 1 saturated heterocycles. The second-order valence-electron chi connectivity index (χ2n) is 6.84. The molecule has 1 aliphatic rings. The van der Waals surface area contributed by atoms with Gasteiger partial charge in [0.2, 0.25) is 5.91 Å². The topological polar surface area (TPSA) is 75.4 Å². The average molecular weight is 355 g/mol. The van der Waals surface area contributed by atoms with Crippen LogP contribution in [0.5, 0.6) is 0 Å². The van der Waals surface area contributed by atoms with Gasteiger partial charge in [0.1, 0.15) is 5.82 Å². The lowest BCUT2D eigenvalue weighted by molar-refractivity contribution is -0.130. The van der Waals surface area contributed by atoms with E-state index in [-0.39, 0.29) is 5.91 Å². The van der Waals surface area contributed by atoms with Gasteiger partial charge in [0.15, 0.2) is 0 Å². The summed E-state index contributed by atoms with van der Waals surface area (Å²) in [5.74, 6) is 0.682. The van der Waals surface area contributed by atoms with E-state index in [4.69, 9.17) is 5.11 Å². The standard InChI is InChI=1S/C20H25N3O3/c1-2-18-21-8-11-22(18)10-7-19(24)23-9-6-16(14-23)12-15-4-3-5-17(13-15)20(25)26/h3-5,8,11,13,16H,2,6-7,9-10,12,14H2,1H3,(H,25,26)/t16-/m1/s1. The van der Waals surface area contributed by atoms with Crippen molar-refractivity contribution in [3.05, 3.63) is 53.6 Å². The van der Waals surface area contributed by atoms with Crippen LogP contribution in [0.25, 0.3) is 0 Å². The smallest absolute Gasteiger partial charge is 0.335 e. The van der Waals surface area contributed by atoms with Crippen LogP contribution >= 0.6 is 0 Å². The molecule has 1 aromatic carbocycles. The Labute approximate surface area is 153 Å². The summed E-state index contributed by atoms with van der Waals surface area (Å²) >= 11 is 0. The van der Waals surface area contributed by atoms with Crippen molar-refractivity contribution in [2.24, 2.45) is 5.92 Å². The Balaban J connectivity index is 1.51. The van der Waals surface area contributed by atoms with Crippen LogP contribution < -0.4 is 0 Å². The summed E-state index contributed by atoms with van der Waals surface area (Å²) in [4.78, 5) is 29.8. The summed E-state index contributed by atoms with van der Waals surface area (Å²) in [6, 6.07) is 7.09. The molecule has 1 amide bonds. The number of carbonyl (C=O) groups is 2. The number of carboxylic acid groups (broad SMARTS) is 1. The molecule has 0 radical (unpaired) electrons. The van der Waals surface area contributed by atoms with Crippen molar-refractivity contribution in [2.75, 3.05) is 13.1 Å². The van der Waals surface area contributed by atoms with E-state index in [9.17, 15) is 9.59 Å². The molecule has 0 unspecified atom stereocenters. The van der Waals surface area contributed by atoms with E-state index in [0.29, 0.717) is 24.4 Å². The highest BCUT2D eigenvalue weighted by atomic mass is 16.4. The molecule has 0 aliphatic carbocycles. The maximum atomic E-state index is 12.5. The predicted octanol–water partition coefficient (Wildman–Crippen LogP) is 2.62. The number of carboxylic acids is 1. The fourth-order valence-corrected chi connectivity index (χ4v) is 3.62. The molecular weight excluding hydrogens is 330 g/mol. The van der Waals surface area contributed by atoms with Crippen LogP contribution in [-0.4, -0.2) is 44.5 Å². The van der Waals surface area contributed by atoms with Crippen molar-refractivity contribution in [1.29, 1.82) is 0 Å². The third-order valence-electron chi connectivity index (χ3n) is 5.02. The van der Waals surface area contributed by atoms with Crippen LogP contribution in [0, 0.1) is 5.92 Å². The second-order valence-corrected chi connectivity index (χ2v) is 6.84. The van der Waals surface area contributed by atoms with Gasteiger partial charge >= 0.3 is 5.97 Å². The van der Waals surface area contributed by atoms with Crippen LogP contribution in [0.3, 0.4) is 0 Å². The van der Waals surface area contributed by atoms with Gasteiger partial charge < -0.3 is 14.6 Å². The van der Waals surface area contributed by atoms with Gasteiger partial charge in [-0.3, -0.25) is 4.79 Å². The van der Waals surface area contributed by atoms with Crippen molar-refractivity contribution in [3.63, 3.8) is 0 Å². The number of aromatic nitrogens is 2. The number of likely N-dealkylation sites (tertiary alicyclic amines) is 1. The molecule has 0 bridgehead atoms. The average Bonchev–Trinajstić information content (AvgIpc) is 3.29. The SMILES string of the molecule is CCc1nccn1CCC(=O)N1CC[C@H](Cc2cccc(C(=O)O)c2)C1.